The minimum absolute atomic E-state index is 0.555. The summed E-state index contributed by atoms with van der Waals surface area (Å²) >= 11 is 2.49. The molecular formula is C16H12SSe. The first-order chi connectivity index (χ1) is 8.79. The Balaban J connectivity index is 1.94. The summed E-state index contributed by atoms with van der Waals surface area (Å²) < 4.78 is 4.52. The Hall–Kier alpha value is -1.08. The van der Waals surface area contributed by atoms with Crippen LogP contribution in [-0.4, -0.2) is 14.5 Å². The number of fused-ring (bicyclic) bond motifs is 2. The van der Waals surface area contributed by atoms with Crippen LogP contribution in [0.5, 0.6) is 0 Å². The van der Waals surface area contributed by atoms with E-state index in [0.717, 1.165) is 6.42 Å². The van der Waals surface area contributed by atoms with Gasteiger partial charge in [0.15, 0.2) is 0 Å². The fourth-order valence-electron chi connectivity index (χ4n) is 2.49. The van der Waals surface area contributed by atoms with Crippen LogP contribution in [0.3, 0.4) is 0 Å². The van der Waals surface area contributed by atoms with Crippen molar-refractivity contribution in [1.82, 2.24) is 0 Å². The maximum atomic E-state index is 2.40. The summed E-state index contributed by atoms with van der Waals surface area (Å²) in [6.45, 7) is 2.24. The van der Waals surface area contributed by atoms with Crippen molar-refractivity contribution in [3.63, 3.8) is 0 Å². The molecule has 0 aliphatic heterocycles. The van der Waals surface area contributed by atoms with Crippen molar-refractivity contribution in [2.45, 2.75) is 13.3 Å². The first-order valence-electron chi connectivity index (χ1n) is 6.09. The molecule has 0 radical (unpaired) electrons. The Bertz CT molecular complexity index is 763. The Labute approximate surface area is 116 Å². The number of allylic oxidation sites excluding steroid dienone is 4. The van der Waals surface area contributed by atoms with Crippen molar-refractivity contribution < 1.29 is 0 Å². The normalized spacial score (nSPS) is 14.8. The van der Waals surface area contributed by atoms with E-state index >= 15 is 0 Å². The Morgan fingerprint density at radius 1 is 1.11 bits per heavy atom. The molecule has 0 N–H and O–H groups in total. The Kier molecular flexibility index (Phi) is 2.38. The van der Waals surface area contributed by atoms with Gasteiger partial charge in [0, 0.05) is 0 Å². The zero-order valence-corrected chi connectivity index (χ0v) is 12.6. The Morgan fingerprint density at radius 2 is 2.06 bits per heavy atom. The molecule has 0 fully saturated rings. The third-order valence-electron chi connectivity index (χ3n) is 3.37. The van der Waals surface area contributed by atoms with E-state index in [1.54, 1.807) is 4.26 Å². The van der Waals surface area contributed by atoms with Crippen molar-refractivity contribution in [3.8, 4) is 0 Å². The SMILES string of the molecule is Cc1cc2cc3sc(C4=CC=CC4)cc3cc2[se]1. The number of benzene rings is 1. The van der Waals surface area contributed by atoms with Gasteiger partial charge in [-0.2, -0.15) is 0 Å². The summed E-state index contributed by atoms with van der Waals surface area (Å²) in [5.74, 6) is 0. The van der Waals surface area contributed by atoms with Crippen LogP contribution < -0.4 is 0 Å². The molecule has 0 nitrogen and oxygen atoms in total. The van der Waals surface area contributed by atoms with Gasteiger partial charge in [0.25, 0.3) is 0 Å². The van der Waals surface area contributed by atoms with E-state index in [4.69, 9.17) is 0 Å². The predicted molar refractivity (Wildman–Crippen MR) is 82.7 cm³/mol. The fourth-order valence-corrected chi connectivity index (χ4v) is 5.62. The van der Waals surface area contributed by atoms with Gasteiger partial charge in [-0.15, -0.1) is 0 Å². The van der Waals surface area contributed by atoms with Crippen LogP contribution in [0, 0.1) is 6.92 Å². The van der Waals surface area contributed by atoms with Gasteiger partial charge < -0.3 is 0 Å². The molecule has 0 amide bonds. The van der Waals surface area contributed by atoms with Gasteiger partial charge in [0.2, 0.25) is 0 Å². The molecule has 0 unspecified atom stereocenters. The first kappa shape index (κ1) is 10.8. The summed E-state index contributed by atoms with van der Waals surface area (Å²) in [6.07, 6.45) is 7.73. The van der Waals surface area contributed by atoms with Crippen molar-refractivity contribution in [2.75, 3.05) is 0 Å². The van der Waals surface area contributed by atoms with Crippen molar-refractivity contribution in [1.29, 1.82) is 0 Å². The third kappa shape index (κ3) is 1.65. The van der Waals surface area contributed by atoms with Crippen LogP contribution in [0.1, 0.15) is 15.7 Å². The summed E-state index contributed by atoms with van der Waals surface area (Å²) in [7, 11) is 0. The zero-order chi connectivity index (χ0) is 12.1. The second-order valence-corrected chi connectivity index (χ2v) is 8.51. The monoisotopic (exact) mass is 316 g/mol. The summed E-state index contributed by atoms with van der Waals surface area (Å²) in [4.78, 5) is 1.44. The summed E-state index contributed by atoms with van der Waals surface area (Å²) in [5, 5.41) is 2.87. The van der Waals surface area contributed by atoms with Crippen molar-refractivity contribution in [2.24, 2.45) is 0 Å². The average molecular weight is 315 g/mol. The van der Waals surface area contributed by atoms with Crippen LogP contribution >= 0.6 is 11.3 Å². The molecule has 3 aromatic rings. The molecule has 2 heterocycles. The van der Waals surface area contributed by atoms with E-state index in [-0.39, 0.29) is 0 Å². The van der Waals surface area contributed by atoms with Gasteiger partial charge in [0.1, 0.15) is 0 Å². The molecule has 4 rings (SSSR count). The van der Waals surface area contributed by atoms with Crippen molar-refractivity contribution >= 4 is 51.1 Å². The molecule has 0 saturated heterocycles. The molecular weight excluding hydrogens is 303 g/mol. The van der Waals surface area contributed by atoms with E-state index in [0.29, 0.717) is 14.5 Å². The molecule has 2 aromatic heterocycles. The standard InChI is InChI=1S/C16H12SSe/c1-10-6-13-8-15-12(9-16(13)18-10)7-14(17-15)11-4-2-3-5-11/h2-4,6-9H,5H2,1H3. The average Bonchev–Trinajstić information content (AvgIpc) is 3.02. The molecule has 1 aliphatic rings. The van der Waals surface area contributed by atoms with E-state index < -0.39 is 0 Å². The molecule has 0 atom stereocenters. The van der Waals surface area contributed by atoms with Crippen LogP contribution in [0.25, 0.3) is 25.3 Å². The number of thiophene rings is 1. The molecule has 0 spiro atoms. The molecule has 88 valence electrons. The summed E-state index contributed by atoms with van der Waals surface area (Å²) in [5.41, 5.74) is 1.47. The number of hydrogen-bond acceptors (Lipinski definition) is 1. The number of hydrogen-bond donors (Lipinski definition) is 0. The zero-order valence-electron chi connectivity index (χ0n) is 10.1. The van der Waals surface area contributed by atoms with Crippen LogP contribution in [-0.2, 0) is 0 Å². The maximum absolute atomic E-state index is 2.40. The molecule has 18 heavy (non-hydrogen) atoms. The minimum atomic E-state index is 0.555. The molecule has 0 saturated carbocycles. The van der Waals surface area contributed by atoms with Gasteiger partial charge in [-0.05, 0) is 0 Å². The van der Waals surface area contributed by atoms with Crippen LogP contribution in [0.4, 0.5) is 0 Å². The molecule has 2 heteroatoms. The third-order valence-corrected chi connectivity index (χ3v) is 6.67. The van der Waals surface area contributed by atoms with Gasteiger partial charge in [-0.25, -0.2) is 0 Å². The van der Waals surface area contributed by atoms with Crippen molar-refractivity contribution in [3.05, 3.63) is 51.8 Å². The van der Waals surface area contributed by atoms with E-state index in [1.807, 2.05) is 11.3 Å². The van der Waals surface area contributed by atoms with Gasteiger partial charge >= 0.3 is 116 Å². The van der Waals surface area contributed by atoms with E-state index in [2.05, 4.69) is 49.4 Å². The molecule has 0 bridgehead atoms. The van der Waals surface area contributed by atoms with E-state index in [9.17, 15) is 0 Å². The first-order valence-corrected chi connectivity index (χ1v) is 8.62. The number of rotatable bonds is 1. The number of aryl methyl sites for hydroxylation is 1. The second kappa shape index (κ2) is 3.96. The van der Waals surface area contributed by atoms with Crippen LogP contribution in [0.15, 0.2) is 42.5 Å². The predicted octanol–water partition coefficient (Wildman–Crippen LogP) is 4.76. The van der Waals surface area contributed by atoms with Gasteiger partial charge in [-0.3, -0.25) is 0 Å². The molecule has 1 aliphatic carbocycles. The van der Waals surface area contributed by atoms with Crippen LogP contribution in [0.2, 0.25) is 0 Å². The summed E-state index contributed by atoms with van der Waals surface area (Å²) in [6, 6.07) is 9.49. The Morgan fingerprint density at radius 3 is 2.89 bits per heavy atom. The van der Waals surface area contributed by atoms with Gasteiger partial charge in [-0.1, -0.05) is 0 Å². The fraction of sp³-hybridized carbons (Fsp3) is 0.125. The molecule has 1 aromatic carbocycles. The topological polar surface area (TPSA) is 0 Å². The quantitative estimate of drug-likeness (QED) is 0.568. The van der Waals surface area contributed by atoms with E-state index in [1.165, 1.54) is 30.4 Å². The second-order valence-electron chi connectivity index (χ2n) is 4.72. The van der Waals surface area contributed by atoms with Gasteiger partial charge in [0.05, 0.1) is 0 Å².